The fraction of sp³-hybridized carbons (Fsp3) is 0.550. The van der Waals surface area contributed by atoms with Gasteiger partial charge < -0.3 is 26.4 Å². The van der Waals surface area contributed by atoms with Gasteiger partial charge in [-0.15, -0.1) is 5.92 Å². The number of nitrogens with zero attached hydrogens (tertiary/aromatic N) is 2. The summed E-state index contributed by atoms with van der Waals surface area (Å²) in [6, 6.07) is 5.74. The Labute approximate surface area is 164 Å². The third kappa shape index (κ3) is 7.65. The highest BCUT2D eigenvalue weighted by atomic mass is 35.5. The van der Waals surface area contributed by atoms with Crippen LogP contribution in [0.25, 0.3) is 0 Å². The summed E-state index contributed by atoms with van der Waals surface area (Å²) >= 11 is 0. The molecule has 0 heterocycles. The molecule has 26 heavy (non-hydrogen) atoms. The average Bonchev–Trinajstić information content (AvgIpc) is 2.55. The van der Waals surface area contributed by atoms with E-state index < -0.39 is 0 Å². The number of carbonyl (C=O) groups is 1. The molecule has 0 N–H and O–H groups in total. The van der Waals surface area contributed by atoms with Crippen molar-refractivity contribution < 1.29 is 31.2 Å². The monoisotopic (exact) mass is 382 g/mol. The zero-order valence-electron chi connectivity index (χ0n) is 16.9. The molecule has 0 bridgehead atoms. The van der Waals surface area contributed by atoms with E-state index in [0.717, 1.165) is 27.9 Å². The Morgan fingerprint density at radius 2 is 1.92 bits per heavy atom. The van der Waals surface area contributed by atoms with E-state index in [1.165, 1.54) is 7.11 Å². The molecular weight excluding hydrogens is 352 g/mol. The van der Waals surface area contributed by atoms with E-state index in [1.807, 2.05) is 24.1 Å². The Morgan fingerprint density at radius 3 is 2.42 bits per heavy atom. The van der Waals surface area contributed by atoms with Crippen LogP contribution in [0, 0.1) is 11.8 Å². The van der Waals surface area contributed by atoms with Crippen molar-refractivity contribution in [1.29, 1.82) is 0 Å². The number of ether oxygens (including phenoxy) is 2. The Bertz CT molecular complexity index is 645. The van der Waals surface area contributed by atoms with Crippen LogP contribution in [0.1, 0.15) is 18.1 Å². The second kappa shape index (κ2) is 11.1. The predicted octanol–water partition coefficient (Wildman–Crippen LogP) is -1.06. The third-order valence-electron chi connectivity index (χ3n) is 3.93. The highest BCUT2D eigenvalue weighted by molar-refractivity contribution is 5.76. The van der Waals surface area contributed by atoms with Crippen molar-refractivity contribution in [2.24, 2.45) is 0 Å². The van der Waals surface area contributed by atoms with Gasteiger partial charge in [-0.3, -0.25) is 9.69 Å². The molecule has 0 aliphatic heterocycles. The first kappa shape index (κ1) is 24.3. The van der Waals surface area contributed by atoms with E-state index in [4.69, 9.17) is 9.47 Å². The van der Waals surface area contributed by atoms with Crippen molar-refractivity contribution >= 4 is 5.97 Å². The van der Waals surface area contributed by atoms with Crippen LogP contribution in [0.5, 0.6) is 5.75 Å². The van der Waals surface area contributed by atoms with Gasteiger partial charge in [-0.25, -0.2) is 0 Å². The summed E-state index contributed by atoms with van der Waals surface area (Å²) in [6.07, 6.45) is 0.572. The Morgan fingerprint density at radius 1 is 1.27 bits per heavy atom. The van der Waals surface area contributed by atoms with Gasteiger partial charge in [0.15, 0.2) is 0 Å². The maximum atomic E-state index is 12.2. The maximum Gasteiger partial charge on any atom is 0.323 e. The van der Waals surface area contributed by atoms with Crippen LogP contribution in [0.3, 0.4) is 0 Å². The number of quaternary nitrogens is 1. The lowest BCUT2D eigenvalue weighted by Crippen LogP contribution is -3.00. The fourth-order valence-corrected chi connectivity index (χ4v) is 2.69. The highest BCUT2D eigenvalue weighted by Crippen LogP contribution is 2.24. The molecule has 0 saturated carbocycles. The molecular formula is C20H31ClN2O3. The topological polar surface area (TPSA) is 38.8 Å². The molecule has 0 unspecified atom stereocenters. The van der Waals surface area contributed by atoms with Gasteiger partial charge in [0.2, 0.25) is 0 Å². The van der Waals surface area contributed by atoms with Crippen molar-refractivity contribution in [3.63, 3.8) is 0 Å². The summed E-state index contributed by atoms with van der Waals surface area (Å²) < 4.78 is 11.3. The fourth-order valence-electron chi connectivity index (χ4n) is 2.69. The quantitative estimate of drug-likeness (QED) is 0.326. The number of benzene rings is 1. The number of rotatable bonds is 8. The minimum Gasteiger partial charge on any atom is -1.00 e. The molecule has 146 valence electrons. The smallest absolute Gasteiger partial charge is 0.323 e. The molecule has 6 heteroatoms. The first-order valence-electron chi connectivity index (χ1n) is 8.35. The number of hydrogen-bond acceptors (Lipinski definition) is 4. The molecule has 0 aliphatic carbocycles. The summed E-state index contributed by atoms with van der Waals surface area (Å²) in [6.45, 7) is 3.16. The Kier molecular flexibility index (Phi) is 10.3. The predicted molar refractivity (Wildman–Crippen MR) is 100 cm³/mol. The van der Waals surface area contributed by atoms with E-state index in [2.05, 4.69) is 39.1 Å². The van der Waals surface area contributed by atoms with E-state index in [1.54, 1.807) is 14.0 Å². The largest absolute Gasteiger partial charge is 1.00 e. The van der Waals surface area contributed by atoms with Crippen molar-refractivity contribution in [2.75, 3.05) is 49.0 Å². The summed E-state index contributed by atoms with van der Waals surface area (Å²) in [5.41, 5.74) is 2.21. The number of likely N-dealkylation sites (N-methyl/N-ethyl adjacent to an activating group) is 1. The van der Waals surface area contributed by atoms with E-state index in [9.17, 15) is 4.79 Å². The molecule has 1 aromatic carbocycles. The number of esters is 1. The van der Waals surface area contributed by atoms with Gasteiger partial charge in [0.05, 0.1) is 41.9 Å². The Balaban J connectivity index is 0.00000625. The summed E-state index contributed by atoms with van der Waals surface area (Å²) in [5, 5.41) is 0. The molecule has 1 rings (SSSR count). The van der Waals surface area contributed by atoms with Crippen LogP contribution in [-0.2, 0) is 22.5 Å². The SMILES string of the molecule is CC#CCN(C)[C@@H](Cc1ccc(OC)c(C[N+](C)(C)C)c1)C(=O)OC.[Cl-]. The summed E-state index contributed by atoms with van der Waals surface area (Å²) in [7, 11) is 11.4. The van der Waals surface area contributed by atoms with Gasteiger partial charge in [0.1, 0.15) is 18.3 Å². The van der Waals surface area contributed by atoms with Crippen molar-refractivity contribution in [2.45, 2.75) is 25.9 Å². The van der Waals surface area contributed by atoms with Crippen molar-refractivity contribution in [1.82, 2.24) is 4.90 Å². The molecule has 1 atom stereocenters. The molecule has 0 aromatic heterocycles. The van der Waals surface area contributed by atoms with Gasteiger partial charge in [-0.1, -0.05) is 12.0 Å². The standard InChI is InChI=1S/C20H31N2O3.ClH/c1-8-9-12-21(2)18(20(23)25-7)14-16-10-11-19(24-6)17(13-16)15-22(3,4)5;/h10-11,13,18H,12,14-15H2,1-7H3;1H/q+1;/p-1/t18-;/m0./s1. The van der Waals surface area contributed by atoms with E-state index >= 15 is 0 Å². The minimum absolute atomic E-state index is 0. The molecule has 0 aliphatic rings. The summed E-state index contributed by atoms with van der Waals surface area (Å²) in [5.74, 6) is 6.49. The van der Waals surface area contributed by atoms with Crippen LogP contribution in [0.15, 0.2) is 18.2 Å². The third-order valence-corrected chi connectivity index (χ3v) is 3.93. The second-order valence-electron chi connectivity index (χ2n) is 7.18. The molecule has 0 amide bonds. The van der Waals surface area contributed by atoms with E-state index in [-0.39, 0.29) is 24.4 Å². The normalized spacial score (nSPS) is 11.8. The number of halogens is 1. The summed E-state index contributed by atoms with van der Waals surface area (Å²) in [4.78, 5) is 14.1. The lowest BCUT2D eigenvalue weighted by atomic mass is 10.0. The molecule has 0 spiro atoms. The van der Waals surface area contributed by atoms with Gasteiger partial charge in [0, 0.05) is 5.56 Å². The van der Waals surface area contributed by atoms with Crippen LogP contribution in [0.4, 0.5) is 0 Å². The van der Waals surface area contributed by atoms with Gasteiger partial charge >= 0.3 is 5.97 Å². The van der Waals surface area contributed by atoms with Gasteiger partial charge in [0.25, 0.3) is 0 Å². The van der Waals surface area contributed by atoms with Crippen LogP contribution < -0.4 is 17.1 Å². The Hall–Kier alpha value is -1.74. The zero-order valence-corrected chi connectivity index (χ0v) is 17.7. The molecule has 1 aromatic rings. The average molecular weight is 383 g/mol. The molecule has 0 radical (unpaired) electrons. The van der Waals surface area contributed by atoms with Crippen LogP contribution in [-0.4, -0.2) is 70.3 Å². The van der Waals surface area contributed by atoms with Gasteiger partial charge in [-0.2, -0.15) is 0 Å². The molecule has 5 nitrogen and oxygen atoms in total. The molecule has 0 saturated heterocycles. The minimum atomic E-state index is -0.365. The zero-order chi connectivity index (χ0) is 19.0. The van der Waals surface area contributed by atoms with Gasteiger partial charge in [-0.05, 0) is 38.1 Å². The van der Waals surface area contributed by atoms with E-state index in [0.29, 0.717) is 13.0 Å². The van der Waals surface area contributed by atoms with Crippen molar-refractivity contribution in [3.05, 3.63) is 29.3 Å². The first-order chi connectivity index (χ1) is 11.7. The number of carbonyl (C=O) groups excluding carboxylic acids is 1. The number of methoxy groups -OCH3 is 2. The second-order valence-corrected chi connectivity index (χ2v) is 7.18. The lowest BCUT2D eigenvalue weighted by molar-refractivity contribution is -0.884. The van der Waals surface area contributed by atoms with Crippen LogP contribution in [0.2, 0.25) is 0 Å². The lowest BCUT2D eigenvalue weighted by Gasteiger charge is -2.26. The first-order valence-corrected chi connectivity index (χ1v) is 8.35. The van der Waals surface area contributed by atoms with Crippen LogP contribution >= 0.6 is 0 Å². The molecule has 0 fully saturated rings. The maximum absolute atomic E-state index is 12.2. The number of hydrogen-bond donors (Lipinski definition) is 0. The highest BCUT2D eigenvalue weighted by Gasteiger charge is 2.25. The van der Waals surface area contributed by atoms with Crippen molar-refractivity contribution in [3.8, 4) is 17.6 Å².